The number of rotatable bonds is 3. The summed E-state index contributed by atoms with van der Waals surface area (Å²) < 4.78 is 27.1. The monoisotopic (exact) mass is 253 g/mol. The first-order valence-corrected chi connectivity index (χ1v) is 6.01. The first-order chi connectivity index (χ1) is 8.50. The van der Waals surface area contributed by atoms with Gasteiger partial charge in [-0.1, -0.05) is 26.0 Å². The van der Waals surface area contributed by atoms with Crippen molar-refractivity contribution in [2.75, 3.05) is 13.1 Å². The topological polar surface area (TPSA) is 41.6 Å². The van der Waals surface area contributed by atoms with Crippen LogP contribution in [-0.4, -0.2) is 23.9 Å². The van der Waals surface area contributed by atoms with E-state index in [0.29, 0.717) is 30.5 Å². The van der Waals surface area contributed by atoms with Gasteiger partial charge in [-0.25, -0.2) is 8.78 Å². The van der Waals surface area contributed by atoms with E-state index >= 15 is 0 Å². The van der Waals surface area contributed by atoms with Crippen molar-refractivity contribution in [2.24, 2.45) is 16.6 Å². The molecule has 1 aliphatic heterocycles. The maximum absolute atomic E-state index is 13.8. The standard InChI is InChI=1S/C13H17F2N3/c1-8(2)7-18-11(6-17-13(18)16)9-4-3-5-10(14)12(9)15/h3-5,8,11H,6-7H2,1-2H3,(H2,16,17). The Kier molecular flexibility index (Phi) is 3.50. The summed E-state index contributed by atoms with van der Waals surface area (Å²) in [5.41, 5.74) is 6.12. The van der Waals surface area contributed by atoms with Gasteiger partial charge in [-0.3, -0.25) is 4.99 Å². The minimum absolute atomic E-state index is 0.303. The van der Waals surface area contributed by atoms with Gasteiger partial charge in [-0.05, 0) is 12.0 Å². The van der Waals surface area contributed by atoms with Crippen molar-refractivity contribution in [1.29, 1.82) is 0 Å². The summed E-state index contributed by atoms with van der Waals surface area (Å²) in [5, 5.41) is 0. The minimum Gasteiger partial charge on any atom is -0.370 e. The van der Waals surface area contributed by atoms with Gasteiger partial charge < -0.3 is 10.6 Å². The second-order valence-electron chi connectivity index (χ2n) is 4.90. The summed E-state index contributed by atoms with van der Waals surface area (Å²) >= 11 is 0. The van der Waals surface area contributed by atoms with Crippen LogP contribution in [0.4, 0.5) is 8.78 Å². The average Bonchev–Trinajstić information content (AvgIpc) is 2.64. The van der Waals surface area contributed by atoms with E-state index in [1.165, 1.54) is 6.07 Å². The summed E-state index contributed by atoms with van der Waals surface area (Å²) in [4.78, 5) is 5.97. The van der Waals surface area contributed by atoms with Crippen LogP contribution in [0.5, 0.6) is 0 Å². The fourth-order valence-corrected chi connectivity index (χ4v) is 2.19. The van der Waals surface area contributed by atoms with Crippen LogP contribution in [-0.2, 0) is 0 Å². The normalized spacial score (nSPS) is 19.5. The van der Waals surface area contributed by atoms with E-state index in [0.717, 1.165) is 6.07 Å². The average molecular weight is 253 g/mol. The van der Waals surface area contributed by atoms with Crippen LogP contribution in [0.15, 0.2) is 23.2 Å². The molecule has 1 atom stereocenters. The van der Waals surface area contributed by atoms with Gasteiger partial charge in [0.25, 0.3) is 0 Å². The molecule has 0 amide bonds. The molecule has 18 heavy (non-hydrogen) atoms. The molecule has 0 saturated carbocycles. The number of hydrogen-bond donors (Lipinski definition) is 1. The Morgan fingerprint density at radius 2 is 2.17 bits per heavy atom. The van der Waals surface area contributed by atoms with E-state index in [9.17, 15) is 8.78 Å². The van der Waals surface area contributed by atoms with E-state index < -0.39 is 11.6 Å². The Balaban J connectivity index is 2.30. The van der Waals surface area contributed by atoms with Crippen molar-refractivity contribution in [3.05, 3.63) is 35.4 Å². The molecule has 0 spiro atoms. The summed E-state index contributed by atoms with van der Waals surface area (Å²) in [7, 11) is 0. The van der Waals surface area contributed by atoms with E-state index in [2.05, 4.69) is 4.99 Å². The summed E-state index contributed by atoms with van der Waals surface area (Å²) in [6.45, 7) is 5.14. The van der Waals surface area contributed by atoms with Gasteiger partial charge in [-0.2, -0.15) is 0 Å². The zero-order valence-electron chi connectivity index (χ0n) is 10.5. The third kappa shape index (κ3) is 2.30. The van der Waals surface area contributed by atoms with Gasteiger partial charge >= 0.3 is 0 Å². The lowest BCUT2D eigenvalue weighted by atomic mass is 10.0. The van der Waals surface area contributed by atoms with Crippen molar-refractivity contribution in [1.82, 2.24) is 4.90 Å². The molecule has 2 N–H and O–H groups in total. The van der Waals surface area contributed by atoms with Crippen LogP contribution in [0.2, 0.25) is 0 Å². The van der Waals surface area contributed by atoms with Gasteiger partial charge in [0, 0.05) is 12.1 Å². The Hall–Kier alpha value is -1.65. The van der Waals surface area contributed by atoms with Crippen molar-refractivity contribution in [3.8, 4) is 0 Å². The van der Waals surface area contributed by atoms with Crippen LogP contribution in [0.3, 0.4) is 0 Å². The van der Waals surface area contributed by atoms with E-state index in [1.54, 1.807) is 6.07 Å². The molecule has 5 heteroatoms. The van der Waals surface area contributed by atoms with Crippen LogP contribution >= 0.6 is 0 Å². The van der Waals surface area contributed by atoms with Crippen molar-refractivity contribution in [2.45, 2.75) is 19.9 Å². The maximum atomic E-state index is 13.8. The molecule has 2 rings (SSSR count). The molecule has 0 aliphatic carbocycles. The van der Waals surface area contributed by atoms with E-state index in [-0.39, 0.29) is 6.04 Å². The Morgan fingerprint density at radius 3 is 2.83 bits per heavy atom. The third-order valence-electron chi connectivity index (χ3n) is 3.00. The second-order valence-corrected chi connectivity index (χ2v) is 4.90. The molecule has 0 radical (unpaired) electrons. The highest BCUT2D eigenvalue weighted by Crippen LogP contribution is 2.29. The first kappa shape index (κ1) is 12.8. The lowest BCUT2D eigenvalue weighted by Crippen LogP contribution is -2.38. The molecule has 0 fully saturated rings. The molecule has 1 aromatic carbocycles. The number of guanidine groups is 1. The third-order valence-corrected chi connectivity index (χ3v) is 3.00. The Morgan fingerprint density at radius 1 is 1.44 bits per heavy atom. The molecule has 1 unspecified atom stereocenters. The molecule has 0 aromatic heterocycles. The fourth-order valence-electron chi connectivity index (χ4n) is 2.19. The first-order valence-electron chi connectivity index (χ1n) is 6.01. The number of nitrogens with zero attached hydrogens (tertiary/aromatic N) is 2. The lowest BCUT2D eigenvalue weighted by molar-refractivity contribution is 0.300. The zero-order valence-corrected chi connectivity index (χ0v) is 10.5. The maximum Gasteiger partial charge on any atom is 0.191 e. The molecule has 98 valence electrons. The fraction of sp³-hybridized carbons (Fsp3) is 0.462. The Bertz CT molecular complexity index is 471. The highest BCUT2D eigenvalue weighted by Gasteiger charge is 2.30. The van der Waals surface area contributed by atoms with Crippen molar-refractivity contribution in [3.63, 3.8) is 0 Å². The molecule has 1 heterocycles. The van der Waals surface area contributed by atoms with Crippen LogP contribution in [0, 0.1) is 17.6 Å². The predicted octanol–water partition coefficient (Wildman–Crippen LogP) is 2.29. The van der Waals surface area contributed by atoms with Crippen molar-refractivity contribution < 1.29 is 8.78 Å². The van der Waals surface area contributed by atoms with Crippen LogP contribution in [0.1, 0.15) is 25.5 Å². The van der Waals surface area contributed by atoms with Gasteiger partial charge in [0.1, 0.15) is 0 Å². The highest BCUT2D eigenvalue weighted by atomic mass is 19.2. The molecule has 1 aliphatic rings. The zero-order chi connectivity index (χ0) is 13.3. The quantitative estimate of drug-likeness (QED) is 0.898. The molecule has 0 bridgehead atoms. The number of halogens is 2. The van der Waals surface area contributed by atoms with Crippen LogP contribution in [0.25, 0.3) is 0 Å². The Labute approximate surface area is 105 Å². The predicted molar refractivity (Wildman–Crippen MR) is 67.1 cm³/mol. The van der Waals surface area contributed by atoms with E-state index in [4.69, 9.17) is 5.73 Å². The van der Waals surface area contributed by atoms with Gasteiger partial charge in [0.2, 0.25) is 0 Å². The van der Waals surface area contributed by atoms with Gasteiger partial charge in [0.05, 0.1) is 12.6 Å². The van der Waals surface area contributed by atoms with Crippen molar-refractivity contribution >= 4 is 5.96 Å². The van der Waals surface area contributed by atoms with E-state index in [1.807, 2.05) is 18.7 Å². The molecular formula is C13H17F2N3. The lowest BCUT2D eigenvalue weighted by Gasteiger charge is -2.28. The summed E-state index contributed by atoms with van der Waals surface area (Å²) in [6.07, 6.45) is 0. The molecule has 0 saturated heterocycles. The largest absolute Gasteiger partial charge is 0.370 e. The molecular weight excluding hydrogens is 236 g/mol. The SMILES string of the molecule is CC(C)CN1C(N)=NCC1c1cccc(F)c1F. The smallest absolute Gasteiger partial charge is 0.191 e. The highest BCUT2D eigenvalue weighted by molar-refractivity contribution is 5.80. The van der Waals surface area contributed by atoms with Crippen LogP contribution < -0.4 is 5.73 Å². The van der Waals surface area contributed by atoms with Gasteiger partial charge in [-0.15, -0.1) is 0 Å². The number of benzene rings is 1. The number of aliphatic imine (C=N–C) groups is 1. The second kappa shape index (κ2) is 4.92. The molecule has 3 nitrogen and oxygen atoms in total. The number of nitrogens with two attached hydrogens (primary N) is 1. The summed E-state index contributed by atoms with van der Waals surface area (Å²) in [5.74, 6) is -0.864. The summed E-state index contributed by atoms with van der Waals surface area (Å²) in [6, 6.07) is 3.91. The number of hydrogen-bond acceptors (Lipinski definition) is 3. The van der Waals surface area contributed by atoms with Gasteiger partial charge in [0.15, 0.2) is 17.6 Å². The molecule has 1 aromatic rings. The minimum atomic E-state index is -0.831.